The van der Waals surface area contributed by atoms with E-state index in [1.165, 1.54) is 4.90 Å². The van der Waals surface area contributed by atoms with Crippen molar-refractivity contribution in [1.82, 2.24) is 4.98 Å². The Kier molecular flexibility index (Phi) is 5.98. The SMILES string of the molecule is Cc1cc(C)c(NC(=O)c2sc(NC(=O)N(C)c3ccccc3)nc2C)c(C)c1. The second-order valence-corrected chi connectivity index (χ2v) is 7.99. The molecular formula is C22H24N4O2S. The molecule has 0 spiro atoms. The van der Waals surface area contributed by atoms with Crippen molar-refractivity contribution in [2.45, 2.75) is 27.7 Å². The van der Waals surface area contributed by atoms with Crippen molar-refractivity contribution in [3.63, 3.8) is 0 Å². The second-order valence-electron chi connectivity index (χ2n) is 6.99. The first-order chi connectivity index (χ1) is 13.8. The van der Waals surface area contributed by atoms with E-state index in [0.29, 0.717) is 15.7 Å². The van der Waals surface area contributed by atoms with Gasteiger partial charge in [0.05, 0.1) is 5.69 Å². The maximum atomic E-state index is 12.8. The molecule has 150 valence electrons. The van der Waals surface area contributed by atoms with E-state index in [2.05, 4.69) is 15.6 Å². The lowest BCUT2D eigenvalue weighted by Gasteiger charge is -2.16. The van der Waals surface area contributed by atoms with E-state index in [1.807, 2.05) is 63.2 Å². The lowest BCUT2D eigenvalue weighted by molar-refractivity contribution is 0.102. The van der Waals surface area contributed by atoms with Gasteiger partial charge in [0.2, 0.25) is 0 Å². The Morgan fingerprint density at radius 1 is 0.966 bits per heavy atom. The number of carbonyl (C=O) groups is 2. The molecule has 0 aliphatic rings. The first-order valence-electron chi connectivity index (χ1n) is 9.22. The van der Waals surface area contributed by atoms with E-state index in [9.17, 15) is 9.59 Å². The fraction of sp³-hybridized carbons (Fsp3) is 0.227. The predicted molar refractivity (Wildman–Crippen MR) is 119 cm³/mol. The molecule has 0 fully saturated rings. The molecular weight excluding hydrogens is 384 g/mol. The summed E-state index contributed by atoms with van der Waals surface area (Å²) in [5.41, 5.74) is 5.32. The number of aryl methyl sites for hydroxylation is 4. The minimum atomic E-state index is -0.317. The van der Waals surface area contributed by atoms with E-state index in [4.69, 9.17) is 0 Å². The highest BCUT2D eigenvalue weighted by molar-refractivity contribution is 7.17. The quantitative estimate of drug-likeness (QED) is 0.615. The largest absolute Gasteiger partial charge is 0.327 e. The third-order valence-electron chi connectivity index (χ3n) is 4.58. The van der Waals surface area contributed by atoms with Gasteiger partial charge in [-0.3, -0.25) is 15.0 Å². The van der Waals surface area contributed by atoms with E-state index in [-0.39, 0.29) is 11.9 Å². The molecule has 0 unspecified atom stereocenters. The summed E-state index contributed by atoms with van der Waals surface area (Å²) in [4.78, 5) is 31.6. The van der Waals surface area contributed by atoms with Crippen LogP contribution in [0.2, 0.25) is 0 Å². The molecule has 7 heteroatoms. The first-order valence-corrected chi connectivity index (χ1v) is 10.0. The van der Waals surface area contributed by atoms with Crippen molar-refractivity contribution < 1.29 is 9.59 Å². The average molecular weight is 409 g/mol. The standard InChI is InChI=1S/C22H24N4O2S/c1-13-11-14(2)18(15(3)12-13)24-20(27)19-16(4)23-21(29-19)25-22(28)26(5)17-9-7-6-8-10-17/h6-12H,1-5H3,(H,24,27)(H,23,25,28). The number of amides is 3. The summed E-state index contributed by atoms with van der Waals surface area (Å²) in [6.45, 7) is 7.73. The molecule has 3 rings (SSSR count). The molecule has 0 aliphatic heterocycles. The minimum Gasteiger partial charge on any atom is -0.321 e. The zero-order valence-electron chi connectivity index (χ0n) is 17.2. The number of para-hydroxylation sites is 1. The highest BCUT2D eigenvalue weighted by atomic mass is 32.1. The Hall–Kier alpha value is -3.19. The molecule has 0 saturated heterocycles. The van der Waals surface area contributed by atoms with Gasteiger partial charge in [0.1, 0.15) is 4.88 Å². The van der Waals surface area contributed by atoms with Gasteiger partial charge in [0, 0.05) is 18.4 Å². The third-order valence-corrected chi connectivity index (χ3v) is 5.65. The second kappa shape index (κ2) is 8.45. The summed E-state index contributed by atoms with van der Waals surface area (Å²) in [5.74, 6) is -0.230. The Morgan fingerprint density at radius 3 is 2.21 bits per heavy atom. The van der Waals surface area contributed by atoms with Crippen LogP contribution in [-0.4, -0.2) is 24.0 Å². The van der Waals surface area contributed by atoms with Crippen LogP contribution in [0.4, 0.5) is 21.3 Å². The van der Waals surface area contributed by atoms with Gasteiger partial charge in [0.25, 0.3) is 5.91 Å². The summed E-state index contributed by atoms with van der Waals surface area (Å²) in [6, 6.07) is 13.1. The van der Waals surface area contributed by atoms with Crippen LogP contribution in [0.3, 0.4) is 0 Å². The number of hydrogen-bond donors (Lipinski definition) is 2. The van der Waals surface area contributed by atoms with Crippen LogP contribution >= 0.6 is 11.3 Å². The molecule has 0 atom stereocenters. The zero-order valence-corrected chi connectivity index (χ0v) is 18.0. The summed E-state index contributed by atoms with van der Waals surface area (Å²) >= 11 is 1.16. The van der Waals surface area contributed by atoms with Crippen molar-refractivity contribution in [3.8, 4) is 0 Å². The molecule has 1 aromatic heterocycles. The van der Waals surface area contributed by atoms with E-state index in [1.54, 1.807) is 14.0 Å². The van der Waals surface area contributed by atoms with Crippen molar-refractivity contribution >= 4 is 39.8 Å². The maximum Gasteiger partial charge on any atom is 0.327 e. The van der Waals surface area contributed by atoms with Crippen LogP contribution in [0.1, 0.15) is 32.1 Å². The van der Waals surface area contributed by atoms with Crippen LogP contribution < -0.4 is 15.5 Å². The van der Waals surface area contributed by atoms with E-state index < -0.39 is 0 Å². The predicted octanol–water partition coefficient (Wildman–Crippen LogP) is 5.30. The van der Waals surface area contributed by atoms with E-state index >= 15 is 0 Å². The Labute approximate surface area is 174 Å². The van der Waals surface area contributed by atoms with Gasteiger partial charge < -0.3 is 5.32 Å². The van der Waals surface area contributed by atoms with Crippen molar-refractivity contribution in [2.24, 2.45) is 0 Å². The van der Waals surface area contributed by atoms with Crippen LogP contribution in [-0.2, 0) is 0 Å². The van der Waals surface area contributed by atoms with Crippen LogP contribution in [0, 0.1) is 27.7 Å². The zero-order chi connectivity index (χ0) is 21.1. The number of carbonyl (C=O) groups excluding carboxylic acids is 2. The summed E-state index contributed by atoms with van der Waals surface area (Å²) in [6.07, 6.45) is 0. The molecule has 2 N–H and O–H groups in total. The number of hydrogen-bond acceptors (Lipinski definition) is 4. The number of rotatable bonds is 4. The number of nitrogens with zero attached hydrogens (tertiary/aromatic N) is 2. The minimum absolute atomic E-state index is 0.230. The van der Waals surface area contributed by atoms with Gasteiger partial charge >= 0.3 is 6.03 Å². The molecule has 0 radical (unpaired) electrons. The van der Waals surface area contributed by atoms with E-state index in [0.717, 1.165) is 39.4 Å². The summed E-state index contributed by atoms with van der Waals surface area (Å²) in [5, 5.41) is 6.14. The third kappa shape index (κ3) is 4.63. The Balaban J connectivity index is 1.75. The molecule has 29 heavy (non-hydrogen) atoms. The summed E-state index contributed by atoms with van der Waals surface area (Å²) in [7, 11) is 1.68. The van der Waals surface area contributed by atoms with Crippen molar-refractivity contribution in [3.05, 3.63) is 69.7 Å². The van der Waals surface area contributed by atoms with Crippen LogP contribution in [0.25, 0.3) is 0 Å². The molecule has 0 saturated carbocycles. The molecule has 0 bridgehead atoms. The molecule has 2 aromatic carbocycles. The Morgan fingerprint density at radius 2 is 1.59 bits per heavy atom. The highest BCUT2D eigenvalue weighted by Crippen LogP contribution is 2.27. The number of urea groups is 1. The van der Waals surface area contributed by atoms with Crippen molar-refractivity contribution in [2.75, 3.05) is 22.6 Å². The van der Waals surface area contributed by atoms with Gasteiger partial charge in [-0.1, -0.05) is 47.2 Å². The normalized spacial score (nSPS) is 10.5. The maximum absolute atomic E-state index is 12.8. The van der Waals surface area contributed by atoms with Gasteiger partial charge in [0.15, 0.2) is 5.13 Å². The van der Waals surface area contributed by atoms with Gasteiger partial charge in [-0.05, 0) is 51.0 Å². The lowest BCUT2D eigenvalue weighted by Crippen LogP contribution is -2.31. The number of thiazole rings is 1. The monoisotopic (exact) mass is 408 g/mol. The van der Waals surface area contributed by atoms with Crippen molar-refractivity contribution in [1.29, 1.82) is 0 Å². The molecule has 1 heterocycles. The highest BCUT2D eigenvalue weighted by Gasteiger charge is 2.19. The van der Waals surface area contributed by atoms with Gasteiger partial charge in [-0.25, -0.2) is 9.78 Å². The average Bonchev–Trinajstić information content (AvgIpc) is 3.04. The fourth-order valence-electron chi connectivity index (χ4n) is 3.15. The molecule has 3 aromatic rings. The smallest absolute Gasteiger partial charge is 0.321 e. The molecule has 3 amide bonds. The van der Waals surface area contributed by atoms with Crippen LogP contribution in [0.15, 0.2) is 42.5 Å². The molecule has 0 aliphatic carbocycles. The number of anilines is 3. The van der Waals surface area contributed by atoms with Gasteiger partial charge in [-0.2, -0.15) is 0 Å². The fourth-order valence-corrected chi connectivity index (χ4v) is 4.00. The first kappa shape index (κ1) is 20.5. The summed E-state index contributed by atoms with van der Waals surface area (Å²) < 4.78 is 0. The molecule has 6 nitrogen and oxygen atoms in total. The lowest BCUT2D eigenvalue weighted by atomic mass is 10.1. The number of benzene rings is 2. The van der Waals surface area contributed by atoms with Crippen LogP contribution in [0.5, 0.6) is 0 Å². The Bertz CT molecular complexity index is 1040. The number of aromatic nitrogens is 1. The number of nitrogens with one attached hydrogen (secondary N) is 2. The topological polar surface area (TPSA) is 74.3 Å². The van der Waals surface area contributed by atoms with Gasteiger partial charge in [-0.15, -0.1) is 0 Å².